The van der Waals surface area contributed by atoms with E-state index < -0.39 is 0 Å². The first kappa shape index (κ1) is 13.2. The Labute approximate surface area is 119 Å². The maximum Gasteiger partial charge on any atom is 0.146 e. The van der Waals surface area contributed by atoms with E-state index in [2.05, 4.69) is 9.80 Å². The number of alkyl halides is 1. The number of hydrogen-bond donors (Lipinski definition) is 0. The van der Waals surface area contributed by atoms with Crippen molar-refractivity contribution in [1.29, 1.82) is 0 Å². The minimum atomic E-state index is -0.139. The van der Waals surface area contributed by atoms with E-state index in [1.165, 1.54) is 32.0 Å². The lowest BCUT2D eigenvalue weighted by Gasteiger charge is -2.25. The van der Waals surface area contributed by atoms with Crippen molar-refractivity contribution >= 4 is 17.3 Å². The molecule has 1 aromatic carbocycles. The minimum absolute atomic E-state index is 0.139. The molecule has 1 aromatic rings. The molecule has 0 N–H and O–H groups in total. The van der Waals surface area contributed by atoms with Gasteiger partial charge in [-0.3, -0.25) is 4.90 Å². The maximum absolute atomic E-state index is 14.1. The monoisotopic (exact) mass is 282 g/mol. The molecule has 2 nitrogen and oxygen atoms in total. The third kappa shape index (κ3) is 2.59. The molecule has 2 saturated heterocycles. The molecule has 0 aliphatic carbocycles. The average molecular weight is 283 g/mol. The summed E-state index contributed by atoms with van der Waals surface area (Å²) in [7, 11) is 0. The topological polar surface area (TPSA) is 6.48 Å². The summed E-state index contributed by atoms with van der Waals surface area (Å²) in [6.45, 7) is 4.28. The van der Waals surface area contributed by atoms with Crippen molar-refractivity contribution in [1.82, 2.24) is 4.90 Å². The zero-order chi connectivity index (χ0) is 13.2. The van der Waals surface area contributed by atoms with Gasteiger partial charge in [0.15, 0.2) is 0 Å². The summed E-state index contributed by atoms with van der Waals surface area (Å²) in [5.74, 6) is 0.234. The number of para-hydroxylation sites is 1. The van der Waals surface area contributed by atoms with E-state index in [4.69, 9.17) is 11.6 Å². The Morgan fingerprint density at radius 2 is 2.00 bits per heavy atom. The third-order valence-corrected chi connectivity index (χ3v) is 4.64. The third-order valence-electron chi connectivity index (χ3n) is 4.35. The van der Waals surface area contributed by atoms with E-state index in [0.29, 0.717) is 11.9 Å². The Balaban J connectivity index is 1.77. The molecule has 0 saturated carbocycles. The zero-order valence-electron chi connectivity index (χ0n) is 11.1. The first-order valence-corrected chi connectivity index (χ1v) is 7.65. The standard InChI is InChI=1S/C15H20ClFN2/c16-10-12-4-3-5-14(17)15(12)19-9-6-13(11-19)18-7-1-2-8-18/h3-5,13H,1-2,6-11H2. The van der Waals surface area contributed by atoms with E-state index >= 15 is 0 Å². The lowest BCUT2D eigenvalue weighted by atomic mass is 10.1. The van der Waals surface area contributed by atoms with Crippen molar-refractivity contribution in [2.45, 2.75) is 31.2 Å². The highest BCUT2D eigenvalue weighted by Gasteiger charge is 2.31. The molecule has 1 atom stereocenters. The van der Waals surface area contributed by atoms with Crippen LogP contribution in [-0.2, 0) is 5.88 Å². The van der Waals surface area contributed by atoms with Crippen molar-refractivity contribution in [3.63, 3.8) is 0 Å². The van der Waals surface area contributed by atoms with Crippen LogP contribution in [0, 0.1) is 5.82 Å². The van der Waals surface area contributed by atoms with Crippen LogP contribution in [0.5, 0.6) is 0 Å². The number of nitrogens with zero attached hydrogens (tertiary/aromatic N) is 2. The second-order valence-electron chi connectivity index (χ2n) is 5.51. The van der Waals surface area contributed by atoms with Crippen molar-refractivity contribution < 1.29 is 4.39 Å². The molecule has 2 heterocycles. The summed E-state index contributed by atoms with van der Waals surface area (Å²) in [5.41, 5.74) is 1.63. The molecule has 1 unspecified atom stereocenters. The van der Waals surface area contributed by atoms with E-state index in [-0.39, 0.29) is 5.82 Å². The van der Waals surface area contributed by atoms with Crippen molar-refractivity contribution in [2.24, 2.45) is 0 Å². The zero-order valence-corrected chi connectivity index (χ0v) is 11.9. The van der Waals surface area contributed by atoms with E-state index in [1.54, 1.807) is 6.07 Å². The molecule has 0 bridgehead atoms. The predicted molar refractivity (Wildman–Crippen MR) is 77.4 cm³/mol. The van der Waals surface area contributed by atoms with Crippen LogP contribution in [0.2, 0.25) is 0 Å². The lowest BCUT2D eigenvalue weighted by molar-refractivity contribution is 0.260. The Morgan fingerprint density at radius 3 is 2.74 bits per heavy atom. The van der Waals surface area contributed by atoms with Gasteiger partial charge in [0.25, 0.3) is 0 Å². The quantitative estimate of drug-likeness (QED) is 0.786. The van der Waals surface area contributed by atoms with Crippen molar-refractivity contribution in [3.05, 3.63) is 29.6 Å². The second-order valence-corrected chi connectivity index (χ2v) is 5.78. The molecule has 0 radical (unpaired) electrons. The second kappa shape index (κ2) is 5.68. The van der Waals surface area contributed by atoms with Crippen LogP contribution in [-0.4, -0.2) is 37.1 Å². The summed E-state index contributed by atoms with van der Waals surface area (Å²) in [5, 5.41) is 0. The highest BCUT2D eigenvalue weighted by Crippen LogP contribution is 2.31. The molecule has 3 rings (SSSR count). The first-order valence-electron chi connectivity index (χ1n) is 7.12. The van der Waals surface area contributed by atoms with Gasteiger partial charge >= 0.3 is 0 Å². The van der Waals surface area contributed by atoms with Crippen molar-refractivity contribution in [2.75, 3.05) is 31.1 Å². The molecule has 0 spiro atoms. The number of likely N-dealkylation sites (tertiary alicyclic amines) is 1. The highest BCUT2D eigenvalue weighted by atomic mass is 35.5. The first-order chi connectivity index (χ1) is 9.29. The highest BCUT2D eigenvalue weighted by molar-refractivity contribution is 6.17. The largest absolute Gasteiger partial charge is 0.367 e. The summed E-state index contributed by atoms with van der Waals surface area (Å²) < 4.78 is 14.1. The van der Waals surface area contributed by atoms with Crippen LogP contribution < -0.4 is 4.90 Å². The van der Waals surface area contributed by atoms with Crippen LogP contribution in [0.15, 0.2) is 18.2 Å². The predicted octanol–water partition coefficient (Wildman–Crippen LogP) is 3.24. The molecule has 2 aliphatic rings. The van der Waals surface area contributed by atoms with Gasteiger partial charge < -0.3 is 4.90 Å². The van der Waals surface area contributed by atoms with Gasteiger partial charge in [-0.15, -0.1) is 11.6 Å². The van der Waals surface area contributed by atoms with Gasteiger partial charge in [-0.2, -0.15) is 0 Å². The van der Waals surface area contributed by atoms with E-state index in [1.807, 2.05) is 6.07 Å². The number of hydrogen-bond acceptors (Lipinski definition) is 2. The Morgan fingerprint density at radius 1 is 1.21 bits per heavy atom. The molecule has 19 heavy (non-hydrogen) atoms. The van der Waals surface area contributed by atoms with Crippen LogP contribution in [0.25, 0.3) is 0 Å². The molecule has 2 aliphatic heterocycles. The number of anilines is 1. The maximum atomic E-state index is 14.1. The molecule has 2 fully saturated rings. The fourth-order valence-electron chi connectivity index (χ4n) is 3.37. The van der Waals surface area contributed by atoms with Gasteiger partial charge in [-0.25, -0.2) is 4.39 Å². The van der Waals surface area contributed by atoms with E-state index in [0.717, 1.165) is 30.8 Å². The van der Waals surface area contributed by atoms with E-state index in [9.17, 15) is 4.39 Å². The Hall–Kier alpha value is -0.800. The van der Waals surface area contributed by atoms with Crippen LogP contribution in [0.3, 0.4) is 0 Å². The van der Waals surface area contributed by atoms with Crippen LogP contribution >= 0.6 is 11.6 Å². The number of benzene rings is 1. The lowest BCUT2D eigenvalue weighted by Crippen LogP contribution is -2.35. The molecule has 4 heteroatoms. The molecular weight excluding hydrogens is 263 g/mol. The van der Waals surface area contributed by atoms with Crippen molar-refractivity contribution in [3.8, 4) is 0 Å². The normalized spacial score (nSPS) is 24.3. The van der Waals surface area contributed by atoms with Gasteiger partial charge in [0.2, 0.25) is 0 Å². The summed E-state index contributed by atoms with van der Waals surface area (Å²) >= 11 is 5.94. The molecular formula is C15H20ClFN2. The van der Waals surface area contributed by atoms with Gasteiger partial charge in [-0.05, 0) is 44.0 Å². The van der Waals surface area contributed by atoms with Gasteiger partial charge in [0.1, 0.15) is 5.82 Å². The number of rotatable bonds is 3. The summed E-state index contributed by atoms with van der Waals surface area (Å²) in [6, 6.07) is 5.79. The van der Waals surface area contributed by atoms with Gasteiger partial charge in [0, 0.05) is 25.0 Å². The molecule has 0 amide bonds. The fraction of sp³-hybridized carbons (Fsp3) is 0.600. The van der Waals surface area contributed by atoms with Crippen LogP contribution in [0.1, 0.15) is 24.8 Å². The SMILES string of the molecule is Fc1cccc(CCl)c1N1CCC(N2CCCC2)C1. The van der Waals surface area contributed by atoms with Gasteiger partial charge in [-0.1, -0.05) is 12.1 Å². The fourth-order valence-corrected chi connectivity index (χ4v) is 3.59. The smallest absolute Gasteiger partial charge is 0.146 e. The number of halogens is 2. The Bertz CT molecular complexity index is 446. The summed E-state index contributed by atoms with van der Waals surface area (Å²) in [4.78, 5) is 4.73. The van der Waals surface area contributed by atoms with Crippen LogP contribution in [0.4, 0.5) is 10.1 Å². The molecule has 0 aromatic heterocycles. The molecule has 104 valence electrons. The van der Waals surface area contributed by atoms with Gasteiger partial charge in [0.05, 0.1) is 5.69 Å². The Kier molecular flexibility index (Phi) is 3.94. The average Bonchev–Trinajstić information content (AvgIpc) is 3.08. The summed E-state index contributed by atoms with van der Waals surface area (Å²) in [6.07, 6.45) is 3.75. The minimum Gasteiger partial charge on any atom is -0.367 e.